The fourth-order valence-corrected chi connectivity index (χ4v) is 1.44. The third-order valence-electron chi connectivity index (χ3n) is 2.06. The van der Waals surface area contributed by atoms with Crippen LogP contribution in [0.5, 0.6) is 0 Å². The number of benzene rings is 1. The number of anilines is 1. The van der Waals surface area contributed by atoms with Crippen molar-refractivity contribution >= 4 is 23.4 Å². The minimum atomic E-state index is -0.114. The Kier molecular flexibility index (Phi) is 3.27. The minimum absolute atomic E-state index is 0.114. The molecule has 0 aliphatic carbocycles. The van der Waals surface area contributed by atoms with Crippen LogP contribution in [0.3, 0.4) is 0 Å². The van der Waals surface area contributed by atoms with Crippen molar-refractivity contribution in [3.63, 3.8) is 0 Å². The lowest BCUT2D eigenvalue weighted by Crippen LogP contribution is -2.13. The molecule has 0 radical (unpaired) electrons. The van der Waals surface area contributed by atoms with Gasteiger partial charge in [0, 0.05) is 11.1 Å². The molecule has 3 nitrogen and oxygen atoms in total. The van der Waals surface area contributed by atoms with E-state index in [0.29, 0.717) is 17.3 Å². The Morgan fingerprint density at radius 1 is 1.25 bits per heavy atom. The number of amides is 1. The van der Waals surface area contributed by atoms with Crippen molar-refractivity contribution in [1.82, 2.24) is 0 Å². The van der Waals surface area contributed by atoms with Crippen LogP contribution in [-0.2, 0) is 11.2 Å². The molecular weight excluding hydrogens is 226 g/mol. The molecule has 4 heteroatoms. The molecule has 0 atom stereocenters. The third-order valence-corrected chi connectivity index (χ3v) is 2.31. The van der Waals surface area contributed by atoms with E-state index in [1.807, 2.05) is 12.1 Å². The first-order chi connectivity index (χ1) is 7.74. The summed E-state index contributed by atoms with van der Waals surface area (Å²) in [5.74, 6) is 0.344. The Morgan fingerprint density at radius 2 is 2.00 bits per heavy atom. The van der Waals surface area contributed by atoms with Crippen molar-refractivity contribution in [3.8, 4) is 0 Å². The van der Waals surface area contributed by atoms with Crippen LogP contribution >= 0.6 is 11.6 Å². The number of carbonyl (C=O) groups excluding carboxylic acids is 1. The predicted molar refractivity (Wildman–Crippen MR) is 62.5 cm³/mol. The highest BCUT2D eigenvalue weighted by Gasteiger charge is 2.05. The molecule has 0 aliphatic heterocycles. The van der Waals surface area contributed by atoms with Gasteiger partial charge in [0.1, 0.15) is 0 Å². The number of hydrogen-bond acceptors (Lipinski definition) is 2. The number of hydrogen-bond donors (Lipinski definition) is 1. The first-order valence-electron chi connectivity index (χ1n) is 4.82. The first kappa shape index (κ1) is 10.8. The standard InChI is InChI=1S/C12H10ClNO2/c13-10-5-3-9(4-6-10)8-11(15)14-12-2-1-7-16-12/h1-7H,8H2,(H,14,15). The molecule has 1 N–H and O–H groups in total. The highest BCUT2D eigenvalue weighted by atomic mass is 35.5. The highest BCUT2D eigenvalue weighted by Crippen LogP contribution is 2.11. The van der Waals surface area contributed by atoms with E-state index in [4.69, 9.17) is 16.0 Å². The van der Waals surface area contributed by atoms with Crippen LogP contribution in [0.25, 0.3) is 0 Å². The van der Waals surface area contributed by atoms with Gasteiger partial charge >= 0.3 is 0 Å². The monoisotopic (exact) mass is 235 g/mol. The number of nitrogens with one attached hydrogen (secondary N) is 1. The normalized spacial score (nSPS) is 10.1. The van der Waals surface area contributed by atoms with Crippen LogP contribution in [0.15, 0.2) is 47.1 Å². The van der Waals surface area contributed by atoms with E-state index in [-0.39, 0.29) is 5.91 Å². The number of furan rings is 1. The quantitative estimate of drug-likeness (QED) is 0.888. The van der Waals surface area contributed by atoms with Gasteiger partial charge in [0.15, 0.2) is 5.88 Å². The van der Waals surface area contributed by atoms with Crippen LogP contribution in [0, 0.1) is 0 Å². The Balaban J connectivity index is 1.95. The van der Waals surface area contributed by atoms with Crippen molar-refractivity contribution in [3.05, 3.63) is 53.2 Å². The van der Waals surface area contributed by atoms with Gasteiger partial charge in [-0.15, -0.1) is 0 Å². The average molecular weight is 236 g/mol. The molecule has 2 rings (SSSR count). The fraction of sp³-hybridized carbons (Fsp3) is 0.0833. The third kappa shape index (κ3) is 2.87. The maximum absolute atomic E-state index is 11.6. The largest absolute Gasteiger partial charge is 0.449 e. The Morgan fingerprint density at radius 3 is 2.62 bits per heavy atom. The summed E-state index contributed by atoms with van der Waals surface area (Å²) in [5, 5.41) is 3.31. The fourth-order valence-electron chi connectivity index (χ4n) is 1.32. The Labute approximate surface area is 98.0 Å². The predicted octanol–water partition coefficient (Wildman–Crippen LogP) is 3.11. The van der Waals surface area contributed by atoms with Gasteiger partial charge in [-0.3, -0.25) is 10.1 Å². The maximum atomic E-state index is 11.6. The summed E-state index contributed by atoms with van der Waals surface area (Å²) in [4.78, 5) is 11.6. The van der Waals surface area contributed by atoms with E-state index in [1.54, 1.807) is 24.3 Å². The smallest absolute Gasteiger partial charge is 0.231 e. The van der Waals surface area contributed by atoms with Gasteiger partial charge in [-0.2, -0.15) is 0 Å². The van der Waals surface area contributed by atoms with E-state index in [0.717, 1.165) is 5.56 Å². The molecule has 0 bridgehead atoms. The van der Waals surface area contributed by atoms with Crippen LogP contribution in [0.2, 0.25) is 5.02 Å². The zero-order valence-corrected chi connectivity index (χ0v) is 9.20. The van der Waals surface area contributed by atoms with Crippen molar-refractivity contribution in [2.75, 3.05) is 5.32 Å². The summed E-state index contributed by atoms with van der Waals surface area (Å²) in [6, 6.07) is 10.6. The van der Waals surface area contributed by atoms with Crippen molar-refractivity contribution < 1.29 is 9.21 Å². The lowest BCUT2D eigenvalue weighted by molar-refractivity contribution is -0.115. The molecule has 1 aromatic carbocycles. The average Bonchev–Trinajstić information content (AvgIpc) is 2.74. The van der Waals surface area contributed by atoms with Crippen LogP contribution in [-0.4, -0.2) is 5.91 Å². The molecule has 1 aromatic heterocycles. The van der Waals surface area contributed by atoms with Crippen molar-refractivity contribution in [2.45, 2.75) is 6.42 Å². The number of rotatable bonds is 3. The summed E-state index contributed by atoms with van der Waals surface area (Å²) in [6.07, 6.45) is 1.82. The molecule has 1 heterocycles. The SMILES string of the molecule is O=C(Cc1ccc(Cl)cc1)Nc1ccco1. The van der Waals surface area contributed by atoms with Crippen molar-refractivity contribution in [1.29, 1.82) is 0 Å². The maximum Gasteiger partial charge on any atom is 0.231 e. The summed E-state index contributed by atoms with van der Waals surface area (Å²) >= 11 is 5.75. The molecule has 0 unspecified atom stereocenters. The molecule has 16 heavy (non-hydrogen) atoms. The van der Waals surface area contributed by atoms with Gasteiger partial charge in [0.05, 0.1) is 12.7 Å². The van der Waals surface area contributed by atoms with Gasteiger partial charge in [-0.1, -0.05) is 23.7 Å². The van der Waals surface area contributed by atoms with E-state index >= 15 is 0 Å². The minimum Gasteiger partial charge on any atom is -0.449 e. The van der Waals surface area contributed by atoms with E-state index in [2.05, 4.69) is 5.32 Å². The molecule has 0 saturated heterocycles. The van der Waals surface area contributed by atoms with Gasteiger partial charge in [-0.05, 0) is 23.8 Å². The van der Waals surface area contributed by atoms with Gasteiger partial charge < -0.3 is 4.42 Å². The highest BCUT2D eigenvalue weighted by molar-refractivity contribution is 6.30. The molecule has 0 saturated carbocycles. The molecule has 0 fully saturated rings. The topological polar surface area (TPSA) is 42.2 Å². The molecule has 1 amide bonds. The van der Waals surface area contributed by atoms with Crippen LogP contribution in [0.1, 0.15) is 5.56 Å². The summed E-state index contributed by atoms with van der Waals surface area (Å²) < 4.78 is 5.01. The van der Waals surface area contributed by atoms with Gasteiger partial charge in [0.25, 0.3) is 0 Å². The number of halogens is 1. The zero-order valence-electron chi connectivity index (χ0n) is 8.44. The van der Waals surface area contributed by atoms with Gasteiger partial charge in [-0.25, -0.2) is 0 Å². The molecule has 82 valence electrons. The zero-order chi connectivity index (χ0) is 11.4. The second-order valence-electron chi connectivity index (χ2n) is 3.33. The molecular formula is C12H10ClNO2. The second-order valence-corrected chi connectivity index (χ2v) is 3.77. The molecule has 0 aliphatic rings. The van der Waals surface area contributed by atoms with E-state index < -0.39 is 0 Å². The summed E-state index contributed by atoms with van der Waals surface area (Å²) in [7, 11) is 0. The van der Waals surface area contributed by atoms with Crippen LogP contribution < -0.4 is 5.32 Å². The lowest BCUT2D eigenvalue weighted by Gasteiger charge is -2.02. The van der Waals surface area contributed by atoms with Crippen LogP contribution in [0.4, 0.5) is 5.88 Å². The van der Waals surface area contributed by atoms with Crippen molar-refractivity contribution in [2.24, 2.45) is 0 Å². The summed E-state index contributed by atoms with van der Waals surface area (Å²) in [6.45, 7) is 0. The number of carbonyl (C=O) groups is 1. The Bertz CT molecular complexity index is 462. The lowest BCUT2D eigenvalue weighted by atomic mass is 10.1. The van der Waals surface area contributed by atoms with E-state index in [9.17, 15) is 4.79 Å². The molecule has 2 aromatic rings. The van der Waals surface area contributed by atoms with E-state index in [1.165, 1.54) is 6.26 Å². The Hall–Kier alpha value is -1.74. The second kappa shape index (κ2) is 4.86. The molecule has 0 spiro atoms. The first-order valence-corrected chi connectivity index (χ1v) is 5.19. The summed E-state index contributed by atoms with van der Waals surface area (Å²) in [5.41, 5.74) is 0.911. The van der Waals surface area contributed by atoms with Gasteiger partial charge in [0.2, 0.25) is 5.91 Å².